The maximum atomic E-state index is 12.4. The summed E-state index contributed by atoms with van der Waals surface area (Å²) >= 11 is 0. The maximum absolute atomic E-state index is 12.4. The summed E-state index contributed by atoms with van der Waals surface area (Å²) in [5, 5.41) is 12.6. The Morgan fingerprint density at radius 3 is 3.00 bits per heavy atom. The summed E-state index contributed by atoms with van der Waals surface area (Å²) in [6.07, 6.45) is 6.63. The van der Waals surface area contributed by atoms with Crippen LogP contribution in [0.3, 0.4) is 0 Å². The number of alkyl halides is 2. The van der Waals surface area contributed by atoms with Crippen molar-refractivity contribution in [2.75, 3.05) is 5.32 Å². The van der Waals surface area contributed by atoms with Gasteiger partial charge in [0.1, 0.15) is 5.75 Å². The van der Waals surface area contributed by atoms with Crippen molar-refractivity contribution < 1.29 is 23.4 Å². The van der Waals surface area contributed by atoms with Gasteiger partial charge in [-0.1, -0.05) is 6.07 Å². The van der Waals surface area contributed by atoms with Gasteiger partial charge in [0.05, 0.1) is 17.4 Å². The van der Waals surface area contributed by atoms with Gasteiger partial charge in [-0.15, -0.1) is 0 Å². The van der Waals surface area contributed by atoms with E-state index in [1.807, 2.05) is 6.07 Å². The molecule has 4 rings (SSSR count). The summed E-state index contributed by atoms with van der Waals surface area (Å²) in [6.45, 7) is -2.83. The number of aromatic carboxylic acids is 1. The summed E-state index contributed by atoms with van der Waals surface area (Å²) in [5.41, 5.74) is 2.79. The molecule has 0 aliphatic heterocycles. The van der Waals surface area contributed by atoms with E-state index < -0.39 is 12.6 Å². The summed E-state index contributed by atoms with van der Waals surface area (Å²) in [6, 6.07) is 6.73. The largest absolute Gasteiger partial charge is 0.478 e. The summed E-state index contributed by atoms with van der Waals surface area (Å²) in [5.74, 6) is -0.816. The van der Waals surface area contributed by atoms with E-state index in [0.29, 0.717) is 5.69 Å². The van der Waals surface area contributed by atoms with Crippen LogP contribution in [-0.2, 0) is 11.8 Å². The number of aryl methyl sites for hydroxylation is 1. The Balaban J connectivity index is 1.58. The number of halogens is 2. The van der Waals surface area contributed by atoms with E-state index in [1.165, 1.54) is 18.5 Å². The zero-order valence-electron chi connectivity index (χ0n) is 13.9. The van der Waals surface area contributed by atoms with Crippen molar-refractivity contribution in [3.8, 4) is 5.75 Å². The second-order valence-corrected chi connectivity index (χ2v) is 6.83. The smallest absolute Gasteiger partial charge is 0.387 e. The van der Waals surface area contributed by atoms with Crippen molar-refractivity contribution in [1.82, 2.24) is 4.98 Å². The molecule has 26 heavy (non-hydrogen) atoms. The number of hydrogen-bond acceptors (Lipinski definition) is 4. The first-order chi connectivity index (χ1) is 12.5. The van der Waals surface area contributed by atoms with Crippen LogP contribution in [0.4, 0.5) is 14.5 Å². The fourth-order valence-corrected chi connectivity index (χ4v) is 4.12. The van der Waals surface area contributed by atoms with Gasteiger partial charge in [0, 0.05) is 17.7 Å². The van der Waals surface area contributed by atoms with Crippen molar-refractivity contribution in [3.05, 3.63) is 53.3 Å². The number of carboxylic acid groups (broad SMARTS) is 1. The van der Waals surface area contributed by atoms with E-state index in [9.17, 15) is 18.7 Å². The number of aromatic nitrogens is 1. The molecule has 2 atom stereocenters. The van der Waals surface area contributed by atoms with E-state index in [-0.39, 0.29) is 22.8 Å². The summed E-state index contributed by atoms with van der Waals surface area (Å²) < 4.78 is 29.4. The number of rotatable bonds is 5. The second-order valence-electron chi connectivity index (χ2n) is 6.83. The SMILES string of the molecule is O=C(O)c1ccncc1N[C@@H]1C[C@]12CCCc1cc(OC(F)F)ccc12. The Hall–Kier alpha value is -2.70. The molecular formula is C19H18F2N2O3. The fourth-order valence-electron chi connectivity index (χ4n) is 4.12. The van der Waals surface area contributed by atoms with Crippen LogP contribution < -0.4 is 10.1 Å². The van der Waals surface area contributed by atoms with E-state index in [0.717, 1.165) is 36.8 Å². The van der Waals surface area contributed by atoms with Crippen LogP contribution in [0, 0.1) is 0 Å². The fraction of sp³-hybridized carbons (Fsp3) is 0.368. The molecule has 0 unspecified atom stereocenters. The number of nitrogens with zero attached hydrogens (tertiary/aromatic N) is 1. The lowest BCUT2D eigenvalue weighted by atomic mass is 9.79. The molecule has 1 spiro atoms. The predicted molar refractivity (Wildman–Crippen MR) is 90.9 cm³/mol. The number of ether oxygens (including phenoxy) is 1. The number of carbonyl (C=O) groups is 1. The van der Waals surface area contributed by atoms with Crippen molar-refractivity contribution in [2.24, 2.45) is 0 Å². The molecule has 0 radical (unpaired) electrons. The molecule has 0 bridgehead atoms. The topological polar surface area (TPSA) is 71.5 Å². The van der Waals surface area contributed by atoms with Crippen LogP contribution in [0.2, 0.25) is 0 Å². The highest BCUT2D eigenvalue weighted by atomic mass is 19.3. The third-order valence-electron chi connectivity index (χ3n) is 5.36. The molecule has 7 heteroatoms. The van der Waals surface area contributed by atoms with Crippen molar-refractivity contribution >= 4 is 11.7 Å². The Labute approximate surface area is 149 Å². The molecule has 136 valence electrons. The molecular weight excluding hydrogens is 342 g/mol. The van der Waals surface area contributed by atoms with E-state index in [1.54, 1.807) is 12.1 Å². The first-order valence-electron chi connectivity index (χ1n) is 8.52. The number of benzene rings is 1. The van der Waals surface area contributed by atoms with E-state index >= 15 is 0 Å². The third-order valence-corrected chi connectivity index (χ3v) is 5.36. The molecule has 1 heterocycles. The Kier molecular flexibility index (Phi) is 4.01. The predicted octanol–water partition coefficient (Wildman–Crippen LogP) is 3.84. The standard InChI is InChI=1S/C19H18F2N2O3/c20-18(21)26-12-3-4-14-11(8-12)2-1-6-19(14)9-16(19)23-15-10-22-7-5-13(15)17(24)25/h3-5,7-8,10,16,18,23H,1-2,6,9H2,(H,24,25)/t16-,19+/m1/s1. The van der Waals surface area contributed by atoms with Gasteiger partial charge >= 0.3 is 12.6 Å². The zero-order valence-corrected chi connectivity index (χ0v) is 13.9. The first-order valence-corrected chi connectivity index (χ1v) is 8.52. The van der Waals surface area contributed by atoms with Crippen molar-refractivity contribution in [3.63, 3.8) is 0 Å². The van der Waals surface area contributed by atoms with Crippen LogP contribution in [-0.4, -0.2) is 28.7 Å². The molecule has 1 aromatic carbocycles. The maximum Gasteiger partial charge on any atom is 0.387 e. The van der Waals surface area contributed by atoms with Crippen LogP contribution >= 0.6 is 0 Å². The average Bonchev–Trinajstić information content (AvgIpc) is 3.27. The average molecular weight is 360 g/mol. The van der Waals surface area contributed by atoms with Crippen LogP contribution in [0.5, 0.6) is 5.75 Å². The number of carboxylic acids is 1. The molecule has 1 fully saturated rings. The first kappa shape index (κ1) is 16.8. The second kappa shape index (κ2) is 6.23. The van der Waals surface area contributed by atoms with Gasteiger partial charge in [0.25, 0.3) is 0 Å². The van der Waals surface area contributed by atoms with Gasteiger partial charge < -0.3 is 15.2 Å². The van der Waals surface area contributed by atoms with Gasteiger partial charge in [0.15, 0.2) is 0 Å². The van der Waals surface area contributed by atoms with Gasteiger partial charge in [0.2, 0.25) is 0 Å². The number of fused-ring (bicyclic) bond motifs is 2. The molecule has 0 amide bonds. The number of nitrogens with one attached hydrogen (secondary N) is 1. The number of pyridine rings is 1. The minimum atomic E-state index is -2.83. The highest BCUT2D eigenvalue weighted by Gasteiger charge is 2.57. The van der Waals surface area contributed by atoms with Gasteiger partial charge in [-0.25, -0.2) is 4.79 Å². The Bertz CT molecular complexity index is 858. The number of anilines is 1. The zero-order chi connectivity index (χ0) is 18.3. The van der Waals surface area contributed by atoms with Gasteiger partial charge in [-0.3, -0.25) is 4.98 Å². The number of hydrogen-bond donors (Lipinski definition) is 2. The molecule has 1 saturated carbocycles. The van der Waals surface area contributed by atoms with Crippen molar-refractivity contribution in [2.45, 2.75) is 43.8 Å². The van der Waals surface area contributed by atoms with Crippen LogP contribution in [0.15, 0.2) is 36.7 Å². The minimum Gasteiger partial charge on any atom is -0.478 e. The monoisotopic (exact) mass is 360 g/mol. The van der Waals surface area contributed by atoms with Gasteiger partial charge in [-0.05, 0) is 55.0 Å². The lowest BCUT2D eigenvalue weighted by Crippen LogP contribution is -2.24. The Morgan fingerprint density at radius 2 is 2.23 bits per heavy atom. The summed E-state index contributed by atoms with van der Waals surface area (Å²) in [7, 11) is 0. The molecule has 2 aromatic rings. The minimum absolute atomic E-state index is 0.0808. The summed E-state index contributed by atoms with van der Waals surface area (Å²) in [4.78, 5) is 15.4. The highest BCUT2D eigenvalue weighted by molar-refractivity contribution is 5.94. The molecule has 5 nitrogen and oxygen atoms in total. The molecule has 1 aromatic heterocycles. The third kappa shape index (κ3) is 2.87. The lowest BCUT2D eigenvalue weighted by molar-refractivity contribution is -0.0499. The van der Waals surface area contributed by atoms with Gasteiger partial charge in [-0.2, -0.15) is 8.78 Å². The van der Waals surface area contributed by atoms with E-state index in [4.69, 9.17) is 0 Å². The van der Waals surface area contributed by atoms with Crippen LogP contribution in [0.1, 0.15) is 40.7 Å². The van der Waals surface area contributed by atoms with Crippen molar-refractivity contribution in [1.29, 1.82) is 0 Å². The normalized spacial score (nSPS) is 23.6. The quantitative estimate of drug-likeness (QED) is 0.848. The van der Waals surface area contributed by atoms with Crippen LogP contribution in [0.25, 0.3) is 0 Å². The molecule has 2 N–H and O–H groups in total. The molecule has 2 aliphatic rings. The Morgan fingerprint density at radius 1 is 1.38 bits per heavy atom. The molecule has 0 saturated heterocycles. The lowest BCUT2D eigenvalue weighted by Gasteiger charge is -2.27. The highest BCUT2D eigenvalue weighted by Crippen LogP contribution is 2.57. The van der Waals surface area contributed by atoms with E-state index in [2.05, 4.69) is 15.0 Å². The molecule has 2 aliphatic carbocycles.